The van der Waals surface area contributed by atoms with E-state index in [0.29, 0.717) is 23.6 Å². The Morgan fingerprint density at radius 3 is 2.58 bits per heavy atom. The third-order valence-corrected chi connectivity index (χ3v) is 5.30. The fraction of sp³-hybridized carbons (Fsp3) is 0.200. The average Bonchev–Trinajstić information content (AvgIpc) is 2.82. The van der Waals surface area contributed by atoms with E-state index in [4.69, 9.17) is 14.7 Å². The number of anilines is 1. The van der Waals surface area contributed by atoms with Gasteiger partial charge in [0.25, 0.3) is 5.91 Å². The quantitative estimate of drug-likeness (QED) is 0.621. The first-order valence-corrected chi connectivity index (χ1v) is 10.1. The Kier molecular flexibility index (Phi) is 6.04. The molecule has 0 bridgehead atoms. The minimum Gasteiger partial charge on any atom is -0.493 e. The number of para-hydroxylation sites is 1. The number of rotatable bonds is 7. The largest absolute Gasteiger partial charge is 0.493 e. The topological polar surface area (TPSA) is 74.6 Å². The SMILES string of the molecule is COc1cc([C@H]2Nc3ccccc3C(=O)N2CCc2ccccc2)ccc1OCC#N. The Morgan fingerprint density at radius 2 is 1.81 bits per heavy atom. The Morgan fingerprint density at radius 1 is 1.03 bits per heavy atom. The highest BCUT2D eigenvalue weighted by molar-refractivity contribution is 6.01. The summed E-state index contributed by atoms with van der Waals surface area (Å²) in [4.78, 5) is 15.2. The second kappa shape index (κ2) is 9.23. The molecule has 0 radical (unpaired) electrons. The van der Waals surface area contributed by atoms with E-state index in [1.165, 1.54) is 5.56 Å². The lowest BCUT2D eigenvalue weighted by molar-refractivity contribution is 0.0685. The first-order chi connectivity index (χ1) is 15.2. The van der Waals surface area contributed by atoms with Crippen molar-refractivity contribution in [3.05, 3.63) is 89.5 Å². The molecule has 0 fully saturated rings. The standard InChI is InChI=1S/C25H23N3O3/c1-30-23-17-19(11-12-22(23)31-16-14-26)24-27-21-10-6-5-9-20(21)25(29)28(24)15-13-18-7-3-2-4-8-18/h2-12,17,24,27H,13,15-16H2,1H3/t24-/m0/s1. The first-order valence-electron chi connectivity index (χ1n) is 10.1. The third kappa shape index (κ3) is 4.31. The van der Waals surface area contributed by atoms with Crippen LogP contribution < -0.4 is 14.8 Å². The van der Waals surface area contributed by atoms with Crippen LogP contribution in [-0.4, -0.2) is 31.1 Å². The molecule has 0 saturated heterocycles. The molecule has 0 aliphatic carbocycles. The fourth-order valence-corrected chi connectivity index (χ4v) is 3.76. The number of benzene rings is 3. The van der Waals surface area contributed by atoms with Crippen molar-refractivity contribution in [3.8, 4) is 17.6 Å². The third-order valence-electron chi connectivity index (χ3n) is 5.30. The predicted octanol–water partition coefficient (Wildman–Crippen LogP) is 4.41. The van der Waals surface area contributed by atoms with Gasteiger partial charge in [-0.25, -0.2) is 0 Å². The monoisotopic (exact) mass is 413 g/mol. The van der Waals surface area contributed by atoms with Crippen molar-refractivity contribution in [2.75, 3.05) is 25.6 Å². The molecule has 0 spiro atoms. The zero-order valence-corrected chi connectivity index (χ0v) is 17.2. The van der Waals surface area contributed by atoms with E-state index in [-0.39, 0.29) is 18.7 Å². The van der Waals surface area contributed by atoms with Crippen molar-refractivity contribution >= 4 is 11.6 Å². The van der Waals surface area contributed by atoms with Crippen LogP contribution in [0.1, 0.15) is 27.7 Å². The van der Waals surface area contributed by atoms with Gasteiger partial charge in [-0.15, -0.1) is 0 Å². The van der Waals surface area contributed by atoms with Crippen LogP contribution in [0.25, 0.3) is 0 Å². The number of nitrogens with zero attached hydrogens (tertiary/aromatic N) is 2. The smallest absolute Gasteiger partial charge is 0.257 e. The zero-order chi connectivity index (χ0) is 21.6. The summed E-state index contributed by atoms with van der Waals surface area (Å²) >= 11 is 0. The van der Waals surface area contributed by atoms with Gasteiger partial charge in [-0.2, -0.15) is 5.26 Å². The lowest BCUT2D eigenvalue weighted by Gasteiger charge is -2.38. The molecule has 1 amide bonds. The molecule has 1 N–H and O–H groups in total. The molecular weight excluding hydrogens is 390 g/mol. The summed E-state index contributed by atoms with van der Waals surface area (Å²) in [6.45, 7) is 0.496. The Balaban J connectivity index is 1.67. The second-order valence-electron chi connectivity index (χ2n) is 7.18. The molecule has 0 unspecified atom stereocenters. The van der Waals surface area contributed by atoms with Crippen LogP contribution in [0.15, 0.2) is 72.8 Å². The van der Waals surface area contributed by atoms with Gasteiger partial charge in [-0.05, 0) is 41.8 Å². The molecular formula is C25H23N3O3. The van der Waals surface area contributed by atoms with Crippen LogP contribution in [-0.2, 0) is 6.42 Å². The molecule has 1 aliphatic rings. The molecule has 6 heteroatoms. The molecule has 1 aliphatic heterocycles. The summed E-state index contributed by atoms with van der Waals surface area (Å²) < 4.78 is 10.9. The number of hydrogen-bond donors (Lipinski definition) is 1. The van der Waals surface area contributed by atoms with Crippen LogP contribution >= 0.6 is 0 Å². The van der Waals surface area contributed by atoms with Gasteiger partial charge in [-0.1, -0.05) is 48.5 Å². The van der Waals surface area contributed by atoms with Crippen molar-refractivity contribution in [1.29, 1.82) is 5.26 Å². The second-order valence-corrected chi connectivity index (χ2v) is 7.18. The number of carbonyl (C=O) groups is 1. The maximum absolute atomic E-state index is 13.4. The molecule has 156 valence electrons. The van der Waals surface area contributed by atoms with Gasteiger partial charge in [0.2, 0.25) is 0 Å². The molecule has 6 nitrogen and oxygen atoms in total. The lowest BCUT2D eigenvalue weighted by Crippen LogP contribution is -2.44. The zero-order valence-electron chi connectivity index (χ0n) is 17.2. The van der Waals surface area contributed by atoms with Crippen molar-refractivity contribution in [2.45, 2.75) is 12.6 Å². The van der Waals surface area contributed by atoms with E-state index in [0.717, 1.165) is 17.7 Å². The number of methoxy groups -OCH3 is 1. The highest BCUT2D eigenvalue weighted by Crippen LogP contribution is 2.37. The van der Waals surface area contributed by atoms with Gasteiger partial charge in [0, 0.05) is 12.2 Å². The normalized spacial score (nSPS) is 14.9. The number of ether oxygens (including phenoxy) is 2. The van der Waals surface area contributed by atoms with Crippen molar-refractivity contribution in [2.24, 2.45) is 0 Å². The number of nitrogens with one attached hydrogen (secondary N) is 1. The molecule has 1 heterocycles. The molecule has 3 aromatic carbocycles. The van der Waals surface area contributed by atoms with Gasteiger partial charge in [0.1, 0.15) is 12.2 Å². The number of nitriles is 1. The number of fused-ring (bicyclic) bond motifs is 1. The summed E-state index contributed by atoms with van der Waals surface area (Å²) in [7, 11) is 1.56. The summed E-state index contributed by atoms with van der Waals surface area (Å²) in [5, 5.41) is 12.3. The number of hydrogen-bond acceptors (Lipinski definition) is 5. The number of carbonyl (C=O) groups excluding carboxylic acids is 1. The summed E-state index contributed by atoms with van der Waals surface area (Å²) in [5.74, 6) is 0.995. The molecule has 3 aromatic rings. The van der Waals surface area contributed by atoms with E-state index in [1.54, 1.807) is 13.2 Å². The maximum atomic E-state index is 13.4. The van der Waals surface area contributed by atoms with E-state index in [2.05, 4.69) is 17.4 Å². The summed E-state index contributed by atoms with van der Waals surface area (Å²) in [6, 6.07) is 25.1. The van der Waals surface area contributed by atoms with Gasteiger partial charge in [0.05, 0.1) is 12.7 Å². The summed E-state index contributed by atoms with van der Waals surface area (Å²) in [5.41, 5.74) is 3.51. The van der Waals surface area contributed by atoms with Gasteiger partial charge < -0.3 is 19.7 Å². The molecule has 0 aromatic heterocycles. The van der Waals surface area contributed by atoms with Crippen molar-refractivity contribution < 1.29 is 14.3 Å². The van der Waals surface area contributed by atoms with E-state index in [1.807, 2.05) is 65.6 Å². The van der Waals surface area contributed by atoms with Crippen LogP contribution in [0, 0.1) is 11.3 Å². The summed E-state index contributed by atoms with van der Waals surface area (Å²) in [6.07, 6.45) is 0.387. The highest BCUT2D eigenvalue weighted by Gasteiger charge is 2.33. The molecule has 31 heavy (non-hydrogen) atoms. The Bertz CT molecular complexity index is 1110. The average molecular weight is 413 g/mol. The van der Waals surface area contributed by atoms with Crippen LogP contribution in [0.3, 0.4) is 0 Å². The Labute approximate surface area is 181 Å². The number of amides is 1. The van der Waals surface area contributed by atoms with Crippen molar-refractivity contribution in [1.82, 2.24) is 4.90 Å². The minimum absolute atomic E-state index is 0.0148. The van der Waals surface area contributed by atoms with E-state index >= 15 is 0 Å². The van der Waals surface area contributed by atoms with E-state index < -0.39 is 0 Å². The van der Waals surface area contributed by atoms with Gasteiger partial charge in [-0.3, -0.25) is 4.79 Å². The fourth-order valence-electron chi connectivity index (χ4n) is 3.76. The van der Waals surface area contributed by atoms with Crippen LogP contribution in [0.4, 0.5) is 5.69 Å². The predicted molar refractivity (Wildman–Crippen MR) is 118 cm³/mol. The molecule has 4 rings (SSSR count). The van der Waals surface area contributed by atoms with Crippen LogP contribution in [0.2, 0.25) is 0 Å². The van der Waals surface area contributed by atoms with Gasteiger partial charge >= 0.3 is 0 Å². The first kappa shape index (κ1) is 20.3. The molecule has 0 saturated carbocycles. The lowest BCUT2D eigenvalue weighted by atomic mass is 10.0. The minimum atomic E-state index is -0.356. The van der Waals surface area contributed by atoms with E-state index in [9.17, 15) is 4.79 Å². The van der Waals surface area contributed by atoms with Crippen molar-refractivity contribution in [3.63, 3.8) is 0 Å². The highest BCUT2D eigenvalue weighted by atomic mass is 16.5. The van der Waals surface area contributed by atoms with Gasteiger partial charge in [0.15, 0.2) is 18.1 Å². The Hall–Kier alpha value is -3.98. The van der Waals surface area contributed by atoms with Crippen LogP contribution in [0.5, 0.6) is 11.5 Å². The molecule has 1 atom stereocenters. The maximum Gasteiger partial charge on any atom is 0.257 e.